The van der Waals surface area contributed by atoms with Crippen molar-refractivity contribution in [2.24, 2.45) is 0 Å². The van der Waals surface area contributed by atoms with Crippen LogP contribution in [0.1, 0.15) is 28.4 Å². The summed E-state index contributed by atoms with van der Waals surface area (Å²) in [4.78, 5) is 22.3. The maximum absolute atomic E-state index is 12.2. The van der Waals surface area contributed by atoms with Gasteiger partial charge in [0.25, 0.3) is 5.95 Å². The van der Waals surface area contributed by atoms with Gasteiger partial charge in [-0.25, -0.2) is 9.97 Å². The molecule has 3 heterocycles. The van der Waals surface area contributed by atoms with E-state index in [1.807, 2.05) is 50.4 Å². The smallest absolute Gasteiger partial charge is 0.252 e. The molecule has 1 amide bonds. The van der Waals surface area contributed by atoms with Crippen LogP contribution in [0.4, 0.5) is 5.82 Å². The molecular weight excluding hydrogens is 322 g/mol. The van der Waals surface area contributed by atoms with E-state index in [0.29, 0.717) is 18.2 Å². The molecule has 7 heteroatoms. The van der Waals surface area contributed by atoms with E-state index in [4.69, 9.17) is 0 Å². The van der Waals surface area contributed by atoms with Crippen LogP contribution in [0.25, 0.3) is 5.95 Å². The molecule has 0 unspecified atom stereocenters. The number of hydrogen-bond acceptors (Lipinski definition) is 5. The van der Waals surface area contributed by atoms with E-state index >= 15 is 0 Å². The van der Waals surface area contributed by atoms with Gasteiger partial charge in [0.05, 0.1) is 5.69 Å². The zero-order valence-corrected chi connectivity index (χ0v) is 14.7. The van der Waals surface area contributed by atoms with Crippen molar-refractivity contribution < 1.29 is 4.79 Å². The molecule has 0 aromatic carbocycles. The molecule has 0 aliphatic rings. The van der Waals surface area contributed by atoms with E-state index in [0.717, 1.165) is 23.5 Å². The predicted molar refractivity (Wildman–Crippen MR) is 94.6 cm³/mol. The first kappa shape index (κ1) is 16.3. The quantitative estimate of drug-likeness (QED) is 0.773. The number of carbonyl (C=O) groups excluding carboxylic acids is 1. The molecule has 0 radical (unpaired) electrons. The molecule has 3 rings (SSSR count). The highest BCUT2D eigenvalue weighted by Gasteiger charge is 2.13. The van der Waals surface area contributed by atoms with Gasteiger partial charge in [-0.05, 0) is 44.7 Å². The predicted octanol–water partition coefficient (Wildman–Crippen LogP) is 3.22. The van der Waals surface area contributed by atoms with Gasteiger partial charge >= 0.3 is 0 Å². The lowest BCUT2D eigenvalue weighted by Gasteiger charge is -2.08. The first-order valence-electron chi connectivity index (χ1n) is 7.73. The number of hydrogen-bond donors (Lipinski definition) is 1. The average Bonchev–Trinajstić information content (AvgIpc) is 3.14. The normalized spacial score (nSPS) is 10.8. The molecule has 0 aliphatic heterocycles. The fourth-order valence-corrected chi connectivity index (χ4v) is 3.15. The van der Waals surface area contributed by atoms with E-state index in [9.17, 15) is 4.79 Å². The van der Waals surface area contributed by atoms with Crippen LogP contribution in [0, 0.1) is 20.8 Å². The van der Waals surface area contributed by atoms with Crippen LogP contribution >= 0.6 is 11.3 Å². The topological polar surface area (TPSA) is 72.7 Å². The molecule has 3 aromatic rings. The van der Waals surface area contributed by atoms with Crippen LogP contribution < -0.4 is 5.32 Å². The number of aryl methyl sites for hydroxylation is 4. The van der Waals surface area contributed by atoms with Gasteiger partial charge in [0.2, 0.25) is 5.91 Å². The third-order valence-electron chi connectivity index (χ3n) is 3.44. The third-order valence-corrected chi connectivity index (χ3v) is 4.37. The molecule has 0 aliphatic carbocycles. The van der Waals surface area contributed by atoms with Gasteiger partial charge < -0.3 is 5.32 Å². The number of anilines is 1. The van der Waals surface area contributed by atoms with E-state index in [-0.39, 0.29) is 5.91 Å². The fraction of sp³-hybridized carbons (Fsp3) is 0.294. The molecule has 0 fully saturated rings. The van der Waals surface area contributed by atoms with Crippen LogP contribution in [0.15, 0.2) is 29.6 Å². The van der Waals surface area contributed by atoms with Crippen LogP contribution in [-0.4, -0.2) is 25.7 Å². The third kappa shape index (κ3) is 3.86. The van der Waals surface area contributed by atoms with Crippen LogP contribution in [0.3, 0.4) is 0 Å². The highest BCUT2D eigenvalue weighted by molar-refractivity contribution is 7.09. The van der Waals surface area contributed by atoms with E-state index in [1.165, 1.54) is 4.88 Å². The zero-order valence-electron chi connectivity index (χ0n) is 13.9. The van der Waals surface area contributed by atoms with Gasteiger partial charge in [0.15, 0.2) is 0 Å². The van der Waals surface area contributed by atoms with Crippen molar-refractivity contribution >= 4 is 23.1 Å². The van der Waals surface area contributed by atoms with Crippen molar-refractivity contribution in [3.8, 4) is 5.95 Å². The summed E-state index contributed by atoms with van der Waals surface area (Å²) in [6.45, 7) is 5.70. The Bertz CT molecular complexity index is 834. The van der Waals surface area contributed by atoms with Crippen molar-refractivity contribution in [1.82, 2.24) is 19.7 Å². The molecule has 3 aromatic heterocycles. The summed E-state index contributed by atoms with van der Waals surface area (Å²) in [5.41, 5.74) is 2.52. The summed E-state index contributed by atoms with van der Waals surface area (Å²) in [7, 11) is 0. The maximum Gasteiger partial charge on any atom is 0.252 e. The average molecular weight is 341 g/mol. The minimum Gasteiger partial charge on any atom is -0.310 e. The Morgan fingerprint density at radius 1 is 1.17 bits per heavy atom. The van der Waals surface area contributed by atoms with E-state index in [2.05, 4.69) is 20.4 Å². The molecule has 0 spiro atoms. The second kappa shape index (κ2) is 6.92. The van der Waals surface area contributed by atoms with Crippen molar-refractivity contribution in [3.63, 3.8) is 0 Å². The largest absolute Gasteiger partial charge is 0.310 e. The Balaban J connectivity index is 1.77. The first-order valence-corrected chi connectivity index (χ1v) is 8.61. The van der Waals surface area contributed by atoms with Crippen LogP contribution in [0.2, 0.25) is 0 Å². The standard InChI is InChI=1S/C17H19N5OS/c1-11-9-12(2)19-17(18-11)22-15(10-13(3)21-22)20-16(23)7-6-14-5-4-8-24-14/h4-5,8-10H,6-7H2,1-3H3,(H,20,23). The zero-order chi connectivity index (χ0) is 17.1. The molecule has 0 saturated carbocycles. The fourth-order valence-electron chi connectivity index (χ4n) is 2.44. The van der Waals surface area contributed by atoms with Gasteiger partial charge in [0.1, 0.15) is 5.82 Å². The minimum atomic E-state index is -0.0473. The van der Waals surface area contributed by atoms with Crippen LogP contribution in [0.5, 0.6) is 0 Å². The molecule has 0 bridgehead atoms. The van der Waals surface area contributed by atoms with Gasteiger partial charge in [-0.3, -0.25) is 4.79 Å². The second-order valence-corrected chi connectivity index (χ2v) is 6.69. The summed E-state index contributed by atoms with van der Waals surface area (Å²) < 4.78 is 1.58. The highest BCUT2D eigenvalue weighted by Crippen LogP contribution is 2.16. The van der Waals surface area contributed by atoms with Crippen molar-refractivity contribution in [2.75, 3.05) is 5.32 Å². The van der Waals surface area contributed by atoms with Gasteiger partial charge in [-0.1, -0.05) is 6.07 Å². The van der Waals surface area contributed by atoms with E-state index in [1.54, 1.807) is 16.0 Å². The van der Waals surface area contributed by atoms with Gasteiger partial charge in [0, 0.05) is 28.8 Å². The number of aromatic nitrogens is 4. The molecule has 0 atom stereocenters. The van der Waals surface area contributed by atoms with E-state index < -0.39 is 0 Å². The Hall–Kier alpha value is -2.54. The molecule has 6 nitrogen and oxygen atoms in total. The summed E-state index contributed by atoms with van der Waals surface area (Å²) in [6, 6.07) is 7.76. The lowest BCUT2D eigenvalue weighted by atomic mass is 10.2. The lowest BCUT2D eigenvalue weighted by Crippen LogP contribution is -2.16. The SMILES string of the molecule is Cc1cc(C)nc(-n2nc(C)cc2NC(=O)CCc2cccs2)n1. The first-order chi connectivity index (χ1) is 11.5. The summed E-state index contributed by atoms with van der Waals surface area (Å²) in [6.07, 6.45) is 1.16. The summed E-state index contributed by atoms with van der Waals surface area (Å²) in [5.74, 6) is 1.01. The number of rotatable bonds is 5. The molecule has 1 N–H and O–H groups in total. The Labute approximate surface area is 144 Å². The summed E-state index contributed by atoms with van der Waals surface area (Å²) in [5, 5.41) is 9.34. The number of carbonyl (C=O) groups is 1. The van der Waals surface area contributed by atoms with Gasteiger partial charge in [-0.15, -0.1) is 11.3 Å². The molecule has 24 heavy (non-hydrogen) atoms. The lowest BCUT2D eigenvalue weighted by molar-refractivity contribution is -0.116. The summed E-state index contributed by atoms with van der Waals surface area (Å²) >= 11 is 1.66. The number of amides is 1. The number of thiophene rings is 1. The van der Waals surface area contributed by atoms with Crippen LogP contribution in [-0.2, 0) is 11.2 Å². The highest BCUT2D eigenvalue weighted by atomic mass is 32.1. The minimum absolute atomic E-state index is 0.0473. The number of nitrogens with one attached hydrogen (secondary N) is 1. The Morgan fingerprint density at radius 2 is 1.92 bits per heavy atom. The van der Waals surface area contributed by atoms with Crippen molar-refractivity contribution in [1.29, 1.82) is 0 Å². The maximum atomic E-state index is 12.2. The second-order valence-electron chi connectivity index (χ2n) is 5.66. The molecular formula is C17H19N5OS. The number of nitrogens with zero attached hydrogens (tertiary/aromatic N) is 4. The molecule has 124 valence electrons. The Kier molecular flexibility index (Phi) is 4.71. The van der Waals surface area contributed by atoms with Crippen molar-refractivity contribution in [3.05, 3.63) is 51.6 Å². The Morgan fingerprint density at radius 3 is 2.58 bits per heavy atom. The monoisotopic (exact) mass is 341 g/mol. The van der Waals surface area contributed by atoms with Crippen molar-refractivity contribution in [2.45, 2.75) is 33.6 Å². The molecule has 0 saturated heterocycles. The van der Waals surface area contributed by atoms with Gasteiger partial charge in [-0.2, -0.15) is 9.78 Å².